The number of aliphatic hydroxyl groups is 1. The van der Waals surface area contributed by atoms with Crippen LogP contribution in [0.4, 0.5) is 5.82 Å². The van der Waals surface area contributed by atoms with E-state index in [1.165, 1.54) is 0 Å². The Balaban J connectivity index is 2.28. The van der Waals surface area contributed by atoms with Gasteiger partial charge in [0.1, 0.15) is 11.6 Å². The molecule has 0 atom stereocenters. The van der Waals surface area contributed by atoms with E-state index in [2.05, 4.69) is 22.2 Å². The number of anilines is 1. The van der Waals surface area contributed by atoms with Gasteiger partial charge in [-0.2, -0.15) is 11.8 Å². The zero-order valence-corrected chi connectivity index (χ0v) is 11.4. The Kier molecular flexibility index (Phi) is 6.96. The predicted molar refractivity (Wildman–Crippen MR) is 73.7 cm³/mol. The highest BCUT2D eigenvalue weighted by atomic mass is 32.2. The number of hydrogen-bond donors (Lipinski definition) is 2. The molecule has 17 heavy (non-hydrogen) atoms. The van der Waals surface area contributed by atoms with E-state index in [0.717, 1.165) is 48.2 Å². The highest BCUT2D eigenvalue weighted by Crippen LogP contribution is 2.08. The quantitative estimate of drug-likeness (QED) is 0.695. The Hall–Kier alpha value is -0.810. The van der Waals surface area contributed by atoms with Crippen molar-refractivity contribution in [3.8, 4) is 0 Å². The SMILES string of the molecule is CCc1cc(NCCSCCCO)nc(C)n1. The summed E-state index contributed by atoms with van der Waals surface area (Å²) in [5.41, 5.74) is 1.08. The fourth-order valence-corrected chi connectivity index (χ4v) is 2.20. The first-order valence-corrected chi connectivity index (χ1v) is 7.18. The smallest absolute Gasteiger partial charge is 0.129 e. The molecule has 5 heteroatoms. The average molecular weight is 255 g/mol. The Morgan fingerprint density at radius 3 is 2.88 bits per heavy atom. The third kappa shape index (κ3) is 5.89. The summed E-state index contributed by atoms with van der Waals surface area (Å²) in [7, 11) is 0. The highest BCUT2D eigenvalue weighted by molar-refractivity contribution is 7.99. The Labute approximate surface area is 107 Å². The van der Waals surface area contributed by atoms with Crippen molar-refractivity contribution >= 4 is 17.6 Å². The van der Waals surface area contributed by atoms with Crippen LogP contribution in [0.15, 0.2) is 6.07 Å². The third-order valence-electron chi connectivity index (χ3n) is 2.25. The van der Waals surface area contributed by atoms with Gasteiger partial charge >= 0.3 is 0 Å². The number of nitrogens with zero attached hydrogens (tertiary/aromatic N) is 2. The van der Waals surface area contributed by atoms with Crippen molar-refractivity contribution < 1.29 is 5.11 Å². The van der Waals surface area contributed by atoms with Gasteiger partial charge in [-0.3, -0.25) is 0 Å². The minimum Gasteiger partial charge on any atom is -0.396 e. The van der Waals surface area contributed by atoms with Crippen LogP contribution in [-0.2, 0) is 6.42 Å². The van der Waals surface area contributed by atoms with E-state index in [1.54, 1.807) is 0 Å². The molecule has 0 fully saturated rings. The van der Waals surface area contributed by atoms with Crippen LogP contribution in [0.1, 0.15) is 24.9 Å². The lowest BCUT2D eigenvalue weighted by Gasteiger charge is -2.07. The van der Waals surface area contributed by atoms with Crippen LogP contribution < -0.4 is 5.32 Å². The molecule has 0 saturated heterocycles. The van der Waals surface area contributed by atoms with E-state index in [9.17, 15) is 0 Å². The van der Waals surface area contributed by atoms with Crippen molar-refractivity contribution in [1.82, 2.24) is 9.97 Å². The molecule has 96 valence electrons. The maximum Gasteiger partial charge on any atom is 0.129 e. The van der Waals surface area contributed by atoms with E-state index in [0.29, 0.717) is 0 Å². The summed E-state index contributed by atoms with van der Waals surface area (Å²) >= 11 is 1.85. The van der Waals surface area contributed by atoms with Crippen LogP contribution >= 0.6 is 11.8 Å². The van der Waals surface area contributed by atoms with Crippen molar-refractivity contribution in [3.05, 3.63) is 17.6 Å². The molecule has 0 aliphatic rings. The summed E-state index contributed by atoms with van der Waals surface area (Å²) in [5.74, 6) is 3.78. The molecule has 1 aromatic rings. The molecule has 0 radical (unpaired) electrons. The Morgan fingerprint density at radius 2 is 2.18 bits per heavy atom. The van der Waals surface area contributed by atoms with Gasteiger partial charge in [0.2, 0.25) is 0 Å². The first-order valence-electron chi connectivity index (χ1n) is 6.03. The second-order valence-electron chi connectivity index (χ2n) is 3.76. The van der Waals surface area contributed by atoms with Gasteiger partial charge in [0.15, 0.2) is 0 Å². The third-order valence-corrected chi connectivity index (χ3v) is 3.32. The number of nitrogens with one attached hydrogen (secondary N) is 1. The van der Waals surface area contributed by atoms with Crippen molar-refractivity contribution in [2.75, 3.05) is 30.0 Å². The summed E-state index contributed by atoms with van der Waals surface area (Å²) in [6, 6.07) is 2.01. The molecular weight excluding hydrogens is 234 g/mol. The lowest BCUT2D eigenvalue weighted by atomic mass is 10.3. The van der Waals surface area contributed by atoms with E-state index < -0.39 is 0 Å². The summed E-state index contributed by atoms with van der Waals surface area (Å²) in [6.07, 6.45) is 1.81. The van der Waals surface area contributed by atoms with Gasteiger partial charge in [-0.05, 0) is 25.5 Å². The van der Waals surface area contributed by atoms with Gasteiger partial charge in [0, 0.05) is 30.7 Å². The Bertz CT molecular complexity index is 334. The second kappa shape index (κ2) is 8.31. The van der Waals surface area contributed by atoms with E-state index >= 15 is 0 Å². The van der Waals surface area contributed by atoms with Gasteiger partial charge in [-0.1, -0.05) is 6.92 Å². The molecule has 0 aliphatic carbocycles. The molecule has 1 heterocycles. The molecule has 0 spiro atoms. The summed E-state index contributed by atoms with van der Waals surface area (Å²) in [5, 5.41) is 11.9. The van der Waals surface area contributed by atoms with Gasteiger partial charge in [0.25, 0.3) is 0 Å². The number of rotatable bonds is 8. The zero-order valence-electron chi connectivity index (χ0n) is 10.6. The topological polar surface area (TPSA) is 58.0 Å². The van der Waals surface area contributed by atoms with Crippen molar-refractivity contribution in [2.45, 2.75) is 26.7 Å². The van der Waals surface area contributed by atoms with Crippen molar-refractivity contribution in [1.29, 1.82) is 0 Å². The highest BCUT2D eigenvalue weighted by Gasteiger charge is 1.99. The second-order valence-corrected chi connectivity index (χ2v) is 4.99. The number of aryl methyl sites for hydroxylation is 2. The van der Waals surface area contributed by atoms with Crippen molar-refractivity contribution in [2.24, 2.45) is 0 Å². The van der Waals surface area contributed by atoms with Gasteiger partial charge in [-0.25, -0.2) is 9.97 Å². The monoisotopic (exact) mass is 255 g/mol. The minimum atomic E-state index is 0.283. The fraction of sp³-hybridized carbons (Fsp3) is 0.667. The van der Waals surface area contributed by atoms with Gasteiger partial charge in [0.05, 0.1) is 0 Å². The largest absolute Gasteiger partial charge is 0.396 e. The molecule has 0 amide bonds. The van der Waals surface area contributed by atoms with E-state index in [4.69, 9.17) is 5.11 Å². The first kappa shape index (κ1) is 14.3. The molecule has 1 rings (SSSR count). The number of thioether (sulfide) groups is 1. The van der Waals surface area contributed by atoms with Crippen LogP contribution in [0, 0.1) is 6.92 Å². The number of aromatic nitrogens is 2. The zero-order chi connectivity index (χ0) is 12.5. The lowest BCUT2D eigenvalue weighted by Crippen LogP contribution is -2.08. The van der Waals surface area contributed by atoms with E-state index in [1.807, 2.05) is 24.8 Å². The molecule has 4 nitrogen and oxygen atoms in total. The summed E-state index contributed by atoms with van der Waals surface area (Å²) in [6.45, 7) is 5.19. The molecule has 0 unspecified atom stereocenters. The lowest BCUT2D eigenvalue weighted by molar-refractivity contribution is 0.296. The summed E-state index contributed by atoms with van der Waals surface area (Å²) in [4.78, 5) is 8.68. The molecule has 0 bridgehead atoms. The van der Waals surface area contributed by atoms with Crippen molar-refractivity contribution in [3.63, 3.8) is 0 Å². The molecule has 2 N–H and O–H groups in total. The maximum absolute atomic E-state index is 8.64. The number of hydrogen-bond acceptors (Lipinski definition) is 5. The molecule has 1 aromatic heterocycles. The van der Waals surface area contributed by atoms with Crippen LogP contribution in [0.2, 0.25) is 0 Å². The minimum absolute atomic E-state index is 0.283. The van der Waals surface area contributed by atoms with Crippen LogP contribution in [0.5, 0.6) is 0 Å². The van der Waals surface area contributed by atoms with Crippen LogP contribution in [0.25, 0.3) is 0 Å². The first-order chi connectivity index (χ1) is 8.26. The van der Waals surface area contributed by atoms with Crippen LogP contribution in [-0.4, -0.2) is 39.7 Å². The number of aliphatic hydroxyl groups excluding tert-OH is 1. The normalized spacial score (nSPS) is 10.5. The van der Waals surface area contributed by atoms with Gasteiger partial charge < -0.3 is 10.4 Å². The molecule has 0 aromatic carbocycles. The average Bonchev–Trinajstić information content (AvgIpc) is 2.33. The summed E-state index contributed by atoms with van der Waals surface area (Å²) < 4.78 is 0. The predicted octanol–water partition coefficient (Wildman–Crippen LogP) is 1.87. The van der Waals surface area contributed by atoms with E-state index in [-0.39, 0.29) is 6.61 Å². The fourth-order valence-electron chi connectivity index (χ4n) is 1.42. The molecule has 0 aliphatic heterocycles. The standard InChI is InChI=1S/C12H21N3OS/c1-3-11-9-12(15-10(2)14-11)13-5-8-17-7-4-6-16/h9,16H,3-8H2,1-2H3,(H,13,14,15). The Morgan fingerprint density at radius 1 is 1.35 bits per heavy atom. The maximum atomic E-state index is 8.64. The van der Waals surface area contributed by atoms with Gasteiger partial charge in [-0.15, -0.1) is 0 Å². The molecular formula is C12H21N3OS. The molecule has 0 saturated carbocycles. The van der Waals surface area contributed by atoms with Crippen LogP contribution in [0.3, 0.4) is 0 Å².